The van der Waals surface area contributed by atoms with Gasteiger partial charge < -0.3 is 0 Å². The van der Waals surface area contributed by atoms with Crippen LogP contribution in [0.3, 0.4) is 0 Å². The number of carbonyl (C=O) groups excluding carboxylic acids is 2. The Morgan fingerprint density at radius 2 is 1.68 bits per heavy atom. The summed E-state index contributed by atoms with van der Waals surface area (Å²) in [6.07, 6.45) is 4.10. The zero-order chi connectivity index (χ0) is 13.7. The number of ketones is 2. The number of carbonyl (C=O) groups is 2. The third-order valence-corrected chi connectivity index (χ3v) is 4.72. The normalized spacial score (nSPS) is 18.6. The van der Waals surface area contributed by atoms with E-state index >= 15 is 0 Å². The van der Waals surface area contributed by atoms with E-state index in [-0.39, 0.29) is 11.6 Å². The predicted octanol–water partition coefficient (Wildman–Crippen LogP) is 3.75. The van der Waals surface area contributed by atoms with Crippen LogP contribution in [0.5, 0.6) is 0 Å². The van der Waals surface area contributed by atoms with E-state index in [9.17, 15) is 9.59 Å². The highest BCUT2D eigenvalue weighted by molar-refractivity contribution is 14.1. The number of benzene rings is 1. The second kappa shape index (κ2) is 6.64. The Morgan fingerprint density at radius 3 is 2.26 bits per heavy atom. The van der Waals surface area contributed by atoms with E-state index in [2.05, 4.69) is 22.6 Å². The average molecular weight is 370 g/mol. The molecule has 0 aliphatic heterocycles. The van der Waals surface area contributed by atoms with E-state index in [0.717, 1.165) is 22.8 Å². The van der Waals surface area contributed by atoms with Crippen molar-refractivity contribution in [2.24, 2.45) is 5.41 Å². The number of alkyl halides is 1. The minimum absolute atomic E-state index is 0.164. The molecule has 0 heterocycles. The smallest absolute Gasteiger partial charge is 0.146 e. The fourth-order valence-corrected chi connectivity index (χ4v) is 3.30. The standard InChI is InChI=1S/C16H19IO2/c17-11-5-10-16(12-13-6-2-1-3-7-13)14(18)8-4-9-15(16)19/h1-3,6-7H,4-5,8-12H2. The van der Waals surface area contributed by atoms with Gasteiger partial charge in [-0.05, 0) is 35.7 Å². The Morgan fingerprint density at radius 1 is 1.05 bits per heavy atom. The number of rotatable bonds is 5. The van der Waals surface area contributed by atoms with Gasteiger partial charge in [0.1, 0.15) is 11.6 Å². The second-order valence-electron chi connectivity index (χ2n) is 5.24. The van der Waals surface area contributed by atoms with Crippen molar-refractivity contribution in [3.63, 3.8) is 0 Å². The molecule has 1 aliphatic rings. The Bertz CT molecular complexity index is 437. The molecule has 0 spiro atoms. The maximum atomic E-state index is 12.4. The summed E-state index contributed by atoms with van der Waals surface area (Å²) < 4.78 is 0.995. The number of hydrogen-bond acceptors (Lipinski definition) is 2. The summed E-state index contributed by atoms with van der Waals surface area (Å²) >= 11 is 2.31. The molecule has 0 aromatic heterocycles. The monoisotopic (exact) mass is 370 g/mol. The van der Waals surface area contributed by atoms with E-state index in [1.807, 2.05) is 30.3 Å². The molecule has 0 atom stereocenters. The highest BCUT2D eigenvalue weighted by atomic mass is 127. The molecule has 3 heteroatoms. The first-order valence-corrected chi connectivity index (χ1v) is 8.38. The van der Waals surface area contributed by atoms with Crippen LogP contribution in [-0.4, -0.2) is 16.0 Å². The van der Waals surface area contributed by atoms with Crippen molar-refractivity contribution in [2.45, 2.75) is 38.5 Å². The van der Waals surface area contributed by atoms with Gasteiger partial charge in [0.05, 0.1) is 5.41 Å². The molecule has 1 aliphatic carbocycles. The molecule has 102 valence electrons. The van der Waals surface area contributed by atoms with Crippen molar-refractivity contribution in [3.8, 4) is 0 Å². The predicted molar refractivity (Wildman–Crippen MR) is 84.6 cm³/mol. The van der Waals surface area contributed by atoms with Crippen LogP contribution >= 0.6 is 22.6 Å². The van der Waals surface area contributed by atoms with Crippen LogP contribution in [0.4, 0.5) is 0 Å². The van der Waals surface area contributed by atoms with E-state index in [1.54, 1.807) is 0 Å². The molecule has 2 nitrogen and oxygen atoms in total. The van der Waals surface area contributed by atoms with Gasteiger partial charge in [0.2, 0.25) is 0 Å². The Hall–Kier alpha value is -0.710. The lowest BCUT2D eigenvalue weighted by atomic mass is 9.66. The van der Waals surface area contributed by atoms with Crippen LogP contribution < -0.4 is 0 Å². The van der Waals surface area contributed by atoms with E-state index in [4.69, 9.17) is 0 Å². The number of hydrogen-bond donors (Lipinski definition) is 0. The zero-order valence-electron chi connectivity index (χ0n) is 11.0. The highest BCUT2D eigenvalue weighted by Gasteiger charge is 2.45. The van der Waals surface area contributed by atoms with Gasteiger partial charge >= 0.3 is 0 Å². The first-order valence-electron chi connectivity index (χ1n) is 6.85. The van der Waals surface area contributed by atoms with Crippen molar-refractivity contribution >= 4 is 34.2 Å². The van der Waals surface area contributed by atoms with Gasteiger partial charge in [0.15, 0.2) is 0 Å². The first-order chi connectivity index (χ1) is 9.19. The molecule has 2 rings (SSSR count). The summed E-state index contributed by atoms with van der Waals surface area (Å²) in [6, 6.07) is 9.94. The van der Waals surface area contributed by atoms with Crippen LogP contribution in [0.25, 0.3) is 0 Å². The lowest BCUT2D eigenvalue weighted by Crippen LogP contribution is -2.44. The van der Waals surface area contributed by atoms with Crippen molar-refractivity contribution < 1.29 is 9.59 Å². The van der Waals surface area contributed by atoms with Crippen LogP contribution in [-0.2, 0) is 16.0 Å². The molecule has 0 unspecified atom stereocenters. The van der Waals surface area contributed by atoms with Crippen molar-refractivity contribution in [3.05, 3.63) is 35.9 Å². The third-order valence-electron chi connectivity index (χ3n) is 3.96. The van der Waals surface area contributed by atoms with Crippen LogP contribution in [0.15, 0.2) is 30.3 Å². The molecule has 1 aromatic rings. The van der Waals surface area contributed by atoms with E-state index < -0.39 is 5.41 Å². The molecule has 0 saturated heterocycles. The van der Waals surface area contributed by atoms with E-state index in [0.29, 0.717) is 25.7 Å². The Labute approximate surface area is 128 Å². The van der Waals surface area contributed by atoms with Crippen molar-refractivity contribution in [2.75, 3.05) is 4.43 Å². The molecule has 1 saturated carbocycles. The van der Waals surface area contributed by atoms with Gasteiger partial charge in [-0.25, -0.2) is 0 Å². The van der Waals surface area contributed by atoms with Gasteiger partial charge in [-0.1, -0.05) is 52.9 Å². The topological polar surface area (TPSA) is 34.1 Å². The van der Waals surface area contributed by atoms with E-state index in [1.165, 1.54) is 0 Å². The number of Topliss-reactive ketones (excluding diaryl/α,β-unsaturated/α-hetero) is 2. The Kier molecular flexibility index (Phi) is 5.13. The molecular weight excluding hydrogens is 351 g/mol. The summed E-state index contributed by atoms with van der Waals surface area (Å²) in [7, 11) is 0. The van der Waals surface area contributed by atoms with Crippen molar-refractivity contribution in [1.29, 1.82) is 0 Å². The van der Waals surface area contributed by atoms with Crippen molar-refractivity contribution in [1.82, 2.24) is 0 Å². The lowest BCUT2D eigenvalue weighted by Gasteiger charge is -2.34. The Balaban J connectivity index is 2.28. The zero-order valence-corrected chi connectivity index (χ0v) is 13.2. The van der Waals surface area contributed by atoms with Gasteiger partial charge in [-0.2, -0.15) is 0 Å². The minimum atomic E-state index is -0.731. The number of halogens is 1. The molecule has 19 heavy (non-hydrogen) atoms. The average Bonchev–Trinajstić information content (AvgIpc) is 2.43. The first kappa shape index (κ1) is 14.7. The SMILES string of the molecule is O=C1CCCC(=O)C1(CCCI)Cc1ccccc1. The molecule has 1 fully saturated rings. The molecule has 0 amide bonds. The van der Waals surface area contributed by atoms with Gasteiger partial charge in [-0.15, -0.1) is 0 Å². The maximum Gasteiger partial charge on any atom is 0.146 e. The maximum absolute atomic E-state index is 12.4. The van der Waals surface area contributed by atoms with Crippen LogP contribution in [0.1, 0.15) is 37.7 Å². The summed E-state index contributed by atoms with van der Waals surface area (Å²) in [5.41, 5.74) is 0.365. The third kappa shape index (κ3) is 3.25. The largest absolute Gasteiger partial charge is 0.299 e. The van der Waals surface area contributed by atoms with Gasteiger partial charge in [-0.3, -0.25) is 9.59 Å². The minimum Gasteiger partial charge on any atom is -0.299 e. The quantitative estimate of drug-likeness (QED) is 0.450. The van der Waals surface area contributed by atoms with Crippen LogP contribution in [0, 0.1) is 5.41 Å². The second-order valence-corrected chi connectivity index (χ2v) is 6.32. The van der Waals surface area contributed by atoms with Crippen LogP contribution in [0.2, 0.25) is 0 Å². The van der Waals surface area contributed by atoms with Gasteiger partial charge in [0, 0.05) is 12.8 Å². The summed E-state index contributed by atoms with van der Waals surface area (Å²) in [5, 5.41) is 0. The highest BCUT2D eigenvalue weighted by Crippen LogP contribution is 2.38. The fraction of sp³-hybridized carbons (Fsp3) is 0.500. The molecular formula is C16H19IO2. The molecule has 0 N–H and O–H groups in total. The summed E-state index contributed by atoms with van der Waals surface area (Å²) in [5.74, 6) is 0.329. The fourth-order valence-electron chi connectivity index (χ4n) is 2.92. The molecule has 1 aromatic carbocycles. The molecule has 0 radical (unpaired) electrons. The lowest BCUT2D eigenvalue weighted by molar-refractivity contribution is -0.144. The molecule has 0 bridgehead atoms. The summed E-state index contributed by atoms with van der Waals surface area (Å²) in [6.45, 7) is 0. The van der Waals surface area contributed by atoms with Gasteiger partial charge in [0.25, 0.3) is 0 Å². The summed E-state index contributed by atoms with van der Waals surface area (Å²) in [4.78, 5) is 24.8.